The van der Waals surface area contributed by atoms with Crippen LogP contribution < -0.4 is 5.32 Å². The van der Waals surface area contributed by atoms with Crippen LogP contribution in [0.2, 0.25) is 10.2 Å². The van der Waals surface area contributed by atoms with E-state index >= 15 is 0 Å². The highest BCUT2D eigenvalue weighted by atomic mass is 35.5. The van der Waals surface area contributed by atoms with Gasteiger partial charge < -0.3 is 5.32 Å². The molecule has 0 aliphatic carbocycles. The molecule has 2 saturated heterocycles. The number of sulfone groups is 1. The van der Waals surface area contributed by atoms with Crippen molar-refractivity contribution in [1.82, 2.24) is 24.6 Å². The molecule has 0 amide bonds. The molecule has 35 heavy (non-hydrogen) atoms. The van der Waals surface area contributed by atoms with Gasteiger partial charge in [-0.1, -0.05) is 23.2 Å². The van der Waals surface area contributed by atoms with Crippen LogP contribution in [0.15, 0.2) is 24.5 Å². The summed E-state index contributed by atoms with van der Waals surface area (Å²) < 4.78 is 50.0. The smallest absolute Gasteiger partial charge is 0.257 e. The molecular weight excluding hydrogens is 521 g/mol. The van der Waals surface area contributed by atoms with Crippen LogP contribution in [0.1, 0.15) is 30.7 Å². The summed E-state index contributed by atoms with van der Waals surface area (Å²) in [6, 6.07) is 3.93. The number of halogens is 4. The lowest BCUT2D eigenvalue weighted by atomic mass is 9.88. The molecular formula is C22H24Cl2F2N6O2S. The van der Waals surface area contributed by atoms with E-state index in [1.165, 1.54) is 6.20 Å². The number of piperidine rings is 1. The lowest BCUT2D eigenvalue weighted by molar-refractivity contribution is 0.122. The number of nitrogens with one attached hydrogen (secondary N) is 1. The maximum atomic E-state index is 12.7. The standard InChI is InChI=1S/C22H24Cl2F2N6O2S/c23-17-7-14-9-27-22(30-19-10-28-32(21(19)24)11-20(25)26)29-18(14)8-16(17)13-1-4-31(5-2-13)15-3-6-35(33,34)12-15/h7-10,13,15,20H,1-6,11-12H2,(H,27,29,30). The van der Waals surface area contributed by atoms with Gasteiger partial charge in [0.2, 0.25) is 5.95 Å². The maximum absolute atomic E-state index is 12.7. The number of nitrogens with zero attached hydrogens (tertiary/aromatic N) is 5. The molecule has 2 aliphatic heterocycles. The van der Waals surface area contributed by atoms with Crippen molar-refractivity contribution in [2.24, 2.45) is 0 Å². The first-order valence-electron chi connectivity index (χ1n) is 11.4. The van der Waals surface area contributed by atoms with Crippen LogP contribution in [0.4, 0.5) is 20.4 Å². The van der Waals surface area contributed by atoms with Crippen molar-refractivity contribution in [2.75, 3.05) is 29.9 Å². The lowest BCUT2D eigenvalue weighted by Gasteiger charge is -2.36. The molecule has 4 heterocycles. The Balaban J connectivity index is 1.31. The quantitative estimate of drug-likeness (QED) is 0.488. The van der Waals surface area contributed by atoms with Gasteiger partial charge in [-0.2, -0.15) is 5.10 Å². The van der Waals surface area contributed by atoms with Crippen LogP contribution in [-0.4, -0.2) is 70.1 Å². The molecule has 2 aromatic heterocycles. The Labute approximate surface area is 211 Å². The van der Waals surface area contributed by atoms with E-state index in [1.807, 2.05) is 12.1 Å². The van der Waals surface area contributed by atoms with Crippen molar-refractivity contribution in [3.8, 4) is 0 Å². The van der Waals surface area contributed by atoms with Crippen LogP contribution in [0, 0.1) is 0 Å². The van der Waals surface area contributed by atoms with Crippen molar-refractivity contribution in [2.45, 2.75) is 44.2 Å². The SMILES string of the molecule is O=S1(=O)CCC(N2CCC(c3cc4nc(Nc5cnn(CC(F)F)c5Cl)ncc4cc3Cl)CC2)C1. The summed E-state index contributed by atoms with van der Waals surface area (Å²) in [6.45, 7) is 1.06. The van der Waals surface area contributed by atoms with Gasteiger partial charge in [0.25, 0.3) is 6.43 Å². The number of hydrogen-bond donors (Lipinski definition) is 1. The Morgan fingerprint density at radius 2 is 1.91 bits per heavy atom. The van der Waals surface area contributed by atoms with Gasteiger partial charge in [0.1, 0.15) is 6.54 Å². The minimum Gasteiger partial charge on any atom is -0.320 e. The predicted octanol–water partition coefficient (Wildman–Crippen LogP) is 4.51. The third-order valence-corrected chi connectivity index (χ3v) is 9.20. The zero-order chi connectivity index (χ0) is 24.7. The molecule has 0 spiro atoms. The number of hydrogen-bond acceptors (Lipinski definition) is 7. The molecule has 188 valence electrons. The third-order valence-electron chi connectivity index (χ3n) is 6.72. The van der Waals surface area contributed by atoms with Gasteiger partial charge in [-0.05, 0) is 56.0 Å². The highest BCUT2D eigenvalue weighted by Gasteiger charge is 2.34. The first-order valence-corrected chi connectivity index (χ1v) is 13.9. The summed E-state index contributed by atoms with van der Waals surface area (Å²) in [5.74, 6) is 1.05. The van der Waals surface area contributed by atoms with E-state index in [9.17, 15) is 17.2 Å². The number of anilines is 2. The average molecular weight is 545 g/mol. The second-order valence-electron chi connectivity index (χ2n) is 9.04. The fourth-order valence-electron chi connectivity index (χ4n) is 4.91. The zero-order valence-corrected chi connectivity index (χ0v) is 21.0. The number of likely N-dealkylation sites (tertiary alicyclic amines) is 1. The molecule has 0 bridgehead atoms. The second-order valence-corrected chi connectivity index (χ2v) is 12.0. The normalized spacial score (nSPS) is 21.2. The van der Waals surface area contributed by atoms with Crippen LogP contribution in [0.3, 0.4) is 0 Å². The summed E-state index contributed by atoms with van der Waals surface area (Å²) in [4.78, 5) is 11.1. The fourth-order valence-corrected chi connectivity index (χ4v) is 7.21. The molecule has 13 heteroatoms. The van der Waals surface area contributed by atoms with E-state index in [0.717, 1.165) is 41.6 Å². The summed E-state index contributed by atoms with van der Waals surface area (Å²) in [6.07, 6.45) is 2.91. The van der Waals surface area contributed by atoms with Gasteiger partial charge in [-0.25, -0.2) is 31.8 Å². The third kappa shape index (κ3) is 5.37. The van der Waals surface area contributed by atoms with Gasteiger partial charge in [-0.3, -0.25) is 4.90 Å². The topological polar surface area (TPSA) is 93.0 Å². The van der Waals surface area contributed by atoms with Crippen LogP contribution in [-0.2, 0) is 16.4 Å². The van der Waals surface area contributed by atoms with Gasteiger partial charge in [0, 0.05) is 22.6 Å². The first kappa shape index (κ1) is 24.6. The number of benzene rings is 1. The van der Waals surface area contributed by atoms with Crippen LogP contribution in [0.5, 0.6) is 0 Å². The van der Waals surface area contributed by atoms with Gasteiger partial charge in [0.15, 0.2) is 15.0 Å². The van der Waals surface area contributed by atoms with E-state index in [2.05, 4.69) is 25.3 Å². The Morgan fingerprint density at radius 3 is 2.60 bits per heavy atom. The predicted molar refractivity (Wildman–Crippen MR) is 132 cm³/mol. The van der Waals surface area contributed by atoms with Crippen molar-refractivity contribution in [3.05, 3.63) is 40.3 Å². The van der Waals surface area contributed by atoms with E-state index in [4.69, 9.17) is 23.2 Å². The molecule has 8 nitrogen and oxygen atoms in total. The van der Waals surface area contributed by atoms with E-state index in [0.29, 0.717) is 22.6 Å². The van der Waals surface area contributed by atoms with Crippen molar-refractivity contribution in [1.29, 1.82) is 0 Å². The van der Waals surface area contributed by atoms with Crippen molar-refractivity contribution in [3.63, 3.8) is 0 Å². The Morgan fingerprint density at radius 1 is 1.14 bits per heavy atom. The van der Waals surface area contributed by atoms with E-state index < -0.39 is 22.8 Å². The van der Waals surface area contributed by atoms with Crippen LogP contribution >= 0.6 is 23.2 Å². The summed E-state index contributed by atoms with van der Waals surface area (Å²) >= 11 is 12.8. The van der Waals surface area contributed by atoms with Gasteiger partial charge in [0.05, 0.1) is 28.9 Å². The van der Waals surface area contributed by atoms with Gasteiger partial charge >= 0.3 is 0 Å². The largest absolute Gasteiger partial charge is 0.320 e. The second kappa shape index (κ2) is 9.76. The van der Waals surface area contributed by atoms with E-state index in [1.54, 1.807) is 6.20 Å². The minimum absolute atomic E-state index is 0.0487. The number of alkyl halides is 2. The number of aromatic nitrogens is 4. The Bertz CT molecular complexity index is 1350. The lowest BCUT2D eigenvalue weighted by Crippen LogP contribution is -2.41. The maximum Gasteiger partial charge on any atom is 0.257 e. The summed E-state index contributed by atoms with van der Waals surface area (Å²) in [5, 5.41) is 8.30. The minimum atomic E-state index is -2.90. The molecule has 0 saturated carbocycles. The van der Waals surface area contributed by atoms with Crippen LogP contribution in [0.25, 0.3) is 10.9 Å². The zero-order valence-electron chi connectivity index (χ0n) is 18.7. The average Bonchev–Trinajstić information content (AvgIpc) is 3.35. The molecule has 1 atom stereocenters. The summed E-state index contributed by atoms with van der Waals surface area (Å²) in [5.41, 5.74) is 2.04. The fraction of sp³-hybridized carbons (Fsp3) is 0.500. The monoisotopic (exact) mass is 544 g/mol. The highest BCUT2D eigenvalue weighted by Crippen LogP contribution is 2.36. The molecule has 2 fully saturated rings. The Hall–Kier alpha value is -2.08. The molecule has 2 aliphatic rings. The molecule has 1 N–H and O–H groups in total. The van der Waals surface area contributed by atoms with Gasteiger partial charge in [-0.15, -0.1) is 0 Å². The first-order chi connectivity index (χ1) is 16.7. The van der Waals surface area contributed by atoms with Crippen molar-refractivity contribution < 1.29 is 17.2 Å². The molecule has 1 unspecified atom stereocenters. The molecule has 5 rings (SSSR count). The van der Waals surface area contributed by atoms with E-state index in [-0.39, 0.29) is 34.6 Å². The Kier molecular flexibility index (Phi) is 6.86. The number of rotatable bonds is 6. The highest BCUT2D eigenvalue weighted by molar-refractivity contribution is 7.91. The molecule has 1 aromatic carbocycles. The summed E-state index contributed by atoms with van der Waals surface area (Å²) in [7, 11) is -2.90. The molecule has 0 radical (unpaired) electrons. The molecule has 3 aromatic rings. The van der Waals surface area contributed by atoms with Crippen molar-refractivity contribution >= 4 is 55.6 Å². The number of fused-ring (bicyclic) bond motifs is 1.